The molecule has 1 spiro atoms. The fourth-order valence-corrected chi connectivity index (χ4v) is 12.6. The summed E-state index contributed by atoms with van der Waals surface area (Å²) in [4.78, 5) is 14.2. The number of hydrogen-bond acceptors (Lipinski definition) is 13. The van der Waals surface area contributed by atoms with Crippen LogP contribution in [0.25, 0.3) is 0 Å². The molecule has 290 valence electrons. The van der Waals surface area contributed by atoms with E-state index in [1.807, 2.05) is 0 Å². The van der Waals surface area contributed by atoms with Crippen LogP contribution in [0, 0.1) is 52.3 Å². The lowest BCUT2D eigenvalue weighted by atomic mass is 9.44. The Morgan fingerprint density at radius 2 is 1.55 bits per heavy atom. The summed E-state index contributed by atoms with van der Waals surface area (Å²) in [6.45, 7) is 9.54. The van der Waals surface area contributed by atoms with Gasteiger partial charge in [0.1, 0.15) is 48.5 Å². The number of fused-ring (bicyclic) bond motifs is 7. The molecule has 13 heteroatoms. The van der Waals surface area contributed by atoms with Crippen molar-refractivity contribution < 1.29 is 63.9 Å². The maximum atomic E-state index is 14.2. The number of carbonyl (C=O) groups is 1. The summed E-state index contributed by atoms with van der Waals surface area (Å²) in [6, 6.07) is 0. The number of ether oxygens (including phenoxy) is 6. The Morgan fingerprint density at radius 3 is 2.29 bits per heavy atom. The van der Waals surface area contributed by atoms with E-state index >= 15 is 0 Å². The summed E-state index contributed by atoms with van der Waals surface area (Å²) in [5.74, 6) is 2.18. The van der Waals surface area contributed by atoms with Gasteiger partial charge in [-0.1, -0.05) is 27.7 Å². The Labute approximate surface area is 300 Å². The van der Waals surface area contributed by atoms with Gasteiger partial charge in [0.2, 0.25) is 0 Å². The summed E-state index contributed by atoms with van der Waals surface area (Å²) in [6.07, 6.45) is -4.98. The second-order valence-corrected chi connectivity index (χ2v) is 18.3. The second kappa shape index (κ2) is 13.4. The van der Waals surface area contributed by atoms with Crippen LogP contribution in [-0.4, -0.2) is 130 Å². The minimum Gasteiger partial charge on any atom is -0.388 e. The molecule has 8 aliphatic rings. The molecule has 0 radical (unpaired) electrons. The molecular formula is C38H60O13. The van der Waals surface area contributed by atoms with Crippen molar-refractivity contribution in [1.29, 1.82) is 0 Å². The monoisotopic (exact) mass is 724 g/mol. The third-order valence-corrected chi connectivity index (χ3v) is 15.6. The standard InChI is InChI=1S/C38H60O13/c1-17-5-10-38(48-14-17)18(2)28-26(51-38)13-22-20-12-24(39)23-11-19(6-8-36(23,3)21(20)7-9-37(22,28)4)49-35-33(45)31(43)30(42)27(50-35)16-47-34-32(44)29(41)25(40)15-46-34/h17-23,25-35,40-45H,5-16H2,1-4H3/t17-,18-,19-,20+,21-,22+,23+,25-,26-,27+,28-,29-,30+,31-,32+,33+,34-,35+,36+,37-,38+/m0/s1. The van der Waals surface area contributed by atoms with Crippen molar-refractivity contribution in [2.45, 2.75) is 159 Å². The molecule has 8 rings (SSSR count). The van der Waals surface area contributed by atoms with Gasteiger partial charge in [-0.3, -0.25) is 4.79 Å². The zero-order chi connectivity index (χ0) is 36.2. The number of hydrogen-bond donors (Lipinski definition) is 6. The zero-order valence-electron chi connectivity index (χ0n) is 30.4. The normalized spacial score (nSPS) is 58.5. The molecule has 4 saturated heterocycles. The lowest BCUT2D eigenvalue weighted by Crippen LogP contribution is -2.61. The van der Waals surface area contributed by atoms with Crippen molar-refractivity contribution in [1.82, 2.24) is 0 Å². The minimum absolute atomic E-state index is 0.118. The molecule has 4 heterocycles. The van der Waals surface area contributed by atoms with E-state index in [-0.39, 0.29) is 41.8 Å². The average molecular weight is 725 g/mol. The van der Waals surface area contributed by atoms with Crippen LogP contribution < -0.4 is 0 Å². The van der Waals surface area contributed by atoms with Crippen LogP contribution in [0.4, 0.5) is 0 Å². The predicted molar refractivity (Wildman–Crippen MR) is 177 cm³/mol. The Morgan fingerprint density at radius 1 is 0.804 bits per heavy atom. The first kappa shape index (κ1) is 37.1. The van der Waals surface area contributed by atoms with E-state index in [2.05, 4.69) is 27.7 Å². The Kier molecular flexibility index (Phi) is 9.79. The highest BCUT2D eigenvalue weighted by molar-refractivity contribution is 5.83. The highest BCUT2D eigenvalue weighted by Gasteiger charge is 2.70. The van der Waals surface area contributed by atoms with Crippen LogP contribution >= 0.6 is 0 Å². The van der Waals surface area contributed by atoms with Crippen molar-refractivity contribution in [2.75, 3.05) is 19.8 Å². The van der Waals surface area contributed by atoms with Crippen LogP contribution in [-0.2, 0) is 33.2 Å². The smallest absolute Gasteiger partial charge is 0.186 e. The summed E-state index contributed by atoms with van der Waals surface area (Å²) in [5.41, 5.74) is -0.0420. The number of Topliss-reactive ketones (excluding diaryl/α,β-unsaturated/α-hetero) is 1. The van der Waals surface area contributed by atoms with Gasteiger partial charge in [-0.05, 0) is 85.4 Å². The molecule has 0 aromatic rings. The van der Waals surface area contributed by atoms with Gasteiger partial charge in [-0.2, -0.15) is 0 Å². The lowest BCUT2D eigenvalue weighted by molar-refractivity contribution is -0.330. The fraction of sp³-hybridized carbons (Fsp3) is 0.974. The molecule has 0 aromatic heterocycles. The van der Waals surface area contributed by atoms with Crippen LogP contribution in [0.2, 0.25) is 0 Å². The minimum atomic E-state index is -1.59. The fourth-order valence-electron chi connectivity index (χ4n) is 12.6. The van der Waals surface area contributed by atoms with Crippen LogP contribution in [0.5, 0.6) is 0 Å². The van der Waals surface area contributed by atoms with Crippen molar-refractivity contribution >= 4 is 5.78 Å². The van der Waals surface area contributed by atoms with Gasteiger partial charge >= 0.3 is 0 Å². The highest BCUT2D eigenvalue weighted by Crippen LogP contribution is 2.71. The zero-order valence-corrected chi connectivity index (χ0v) is 30.4. The van der Waals surface area contributed by atoms with E-state index in [1.165, 1.54) is 0 Å². The Hall–Kier alpha value is -0.810. The molecule has 8 fully saturated rings. The molecule has 4 saturated carbocycles. The predicted octanol–water partition coefficient (Wildman–Crippen LogP) is 1.26. The SMILES string of the molecule is C[C@H]1CC[C@@]2(OC1)O[C@H]1C[C@@H]3[C@@H]4CC(=O)[C@H]5C[C@@H](O[C@@H]6O[C@H](CO[C@@H]7OC[C@H](O)[C@H](O)[C@H]7O)[C@@H](O)[C@H](O)[C@H]6O)CC[C@]5(C)[C@H]4CC[C@]3(C)[C@H]1[C@@H]2C. The largest absolute Gasteiger partial charge is 0.388 e. The van der Waals surface area contributed by atoms with Gasteiger partial charge in [0.05, 0.1) is 32.0 Å². The average Bonchev–Trinajstić information content (AvgIpc) is 3.55. The second-order valence-electron chi connectivity index (χ2n) is 18.3. The topological polar surface area (TPSA) is 194 Å². The first-order valence-electron chi connectivity index (χ1n) is 19.6. The van der Waals surface area contributed by atoms with Crippen molar-refractivity contribution in [3.05, 3.63) is 0 Å². The van der Waals surface area contributed by atoms with E-state index in [4.69, 9.17) is 28.4 Å². The Balaban J connectivity index is 0.910. The molecule has 0 unspecified atom stereocenters. The molecular weight excluding hydrogens is 664 g/mol. The molecule has 0 amide bonds. The van der Waals surface area contributed by atoms with Crippen LogP contribution in [0.15, 0.2) is 0 Å². The molecule has 21 atom stereocenters. The first-order valence-corrected chi connectivity index (χ1v) is 19.6. The van der Waals surface area contributed by atoms with Gasteiger partial charge < -0.3 is 59.1 Å². The molecule has 0 aromatic carbocycles. The molecule has 13 nitrogen and oxygen atoms in total. The summed E-state index contributed by atoms with van der Waals surface area (Å²) in [7, 11) is 0. The highest BCUT2D eigenvalue weighted by atomic mass is 16.7. The summed E-state index contributed by atoms with van der Waals surface area (Å²) >= 11 is 0. The number of aliphatic hydroxyl groups excluding tert-OH is 6. The molecule has 0 bridgehead atoms. The third kappa shape index (κ3) is 5.91. The maximum Gasteiger partial charge on any atom is 0.186 e. The third-order valence-electron chi connectivity index (χ3n) is 15.6. The van der Waals surface area contributed by atoms with Gasteiger partial charge in [0.15, 0.2) is 18.4 Å². The molecule has 6 N–H and O–H groups in total. The van der Waals surface area contributed by atoms with E-state index in [1.54, 1.807) is 0 Å². The van der Waals surface area contributed by atoms with E-state index < -0.39 is 67.2 Å². The molecule has 4 aliphatic heterocycles. The van der Waals surface area contributed by atoms with E-state index in [9.17, 15) is 35.4 Å². The van der Waals surface area contributed by atoms with Gasteiger partial charge in [-0.25, -0.2) is 0 Å². The summed E-state index contributed by atoms with van der Waals surface area (Å²) in [5, 5.41) is 62.1. The number of aliphatic hydroxyl groups is 6. The van der Waals surface area contributed by atoms with Gasteiger partial charge in [-0.15, -0.1) is 0 Å². The molecule has 51 heavy (non-hydrogen) atoms. The van der Waals surface area contributed by atoms with Crippen molar-refractivity contribution in [3.63, 3.8) is 0 Å². The van der Waals surface area contributed by atoms with E-state index in [0.717, 1.165) is 45.1 Å². The molecule has 4 aliphatic carbocycles. The van der Waals surface area contributed by atoms with Crippen molar-refractivity contribution in [3.8, 4) is 0 Å². The van der Waals surface area contributed by atoms with Crippen LogP contribution in [0.3, 0.4) is 0 Å². The number of ketones is 1. The Bertz CT molecular complexity index is 1290. The first-order chi connectivity index (χ1) is 24.2. The van der Waals surface area contributed by atoms with Gasteiger partial charge in [0, 0.05) is 24.7 Å². The summed E-state index contributed by atoms with van der Waals surface area (Å²) < 4.78 is 36.4. The lowest BCUT2D eigenvalue weighted by Gasteiger charge is -2.60. The van der Waals surface area contributed by atoms with Crippen molar-refractivity contribution in [2.24, 2.45) is 52.3 Å². The maximum absolute atomic E-state index is 14.2. The number of rotatable bonds is 5. The van der Waals surface area contributed by atoms with Gasteiger partial charge in [0.25, 0.3) is 0 Å². The number of carbonyl (C=O) groups excluding carboxylic acids is 1. The quantitative estimate of drug-likeness (QED) is 0.222. The van der Waals surface area contributed by atoms with E-state index in [0.29, 0.717) is 54.8 Å². The van der Waals surface area contributed by atoms with Crippen LogP contribution in [0.1, 0.15) is 85.5 Å².